The Morgan fingerprint density at radius 1 is 1.39 bits per heavy atom. The quantitative estimate of drug-likeness (QED) is 0.742. The first-order valence-electron chi connectivity index (χ1n) is 9.20. The predicted molar refractivity (Wildman–Crippen MR) is 116 cm³/mol. The zero-order valence-electron chi connectivity index (χ0n) is 16.7. The van der Waals surface area contributed by atoms with E-state index in [4.69, 9.17) is 15.5 Å². The highest BCUT2D eigenvalue weighted by Gasteiger charge is 2.22. The molecule has 0 bridgehead atoms. The highest BCUT2D eigenvalue weighted by molar-refractivity contribution is 8.01. The van der Waals surface area contributed by atoms with E-state index < -0.39 is 6.04 Å². The molecule has 2 aromatic rings. The predicted octanol–water partition coefficient (Wildman–Crippen LogP) is 2.65. The summed E-state index contributed by atoms with van der Waals surface area (Å²) in [5.74, 6) is 0.629. The molecular formula is C19H27N5O2S2. The second-order valence-corrected chi connectivity index (χ2v) is 9.09. The molecule has 2 aromatic heterocycles. The first-order chi connectivity index (χ1) is 13.4. The third-order valence-electron chi connectivity index (χ3n) is 4.65. The summed E-state index contributed by atoms with van der Waals surface area (Å²) >= 11 is 3.08. The molecule has 152 valence electrons. The van der Waals surface area contributed by atoms with E-state index in [1.807, 2.05) is 24.4 Å². The maximum absolute atomic E-state index is 11.9. The van der Waals surface area contributed by atoms with Crippen molar-refractivity contribution in [2.24, 2.45) is 5.73 Å². The van der Waals surface area contributed by atoms with Gasteiger partial charge in [0, 0.05) is 32.2 Å². The first-order valence-corrected chi connectivity index (χ1v) is 10.9. The number of hydrogen-bond acceptors (Lipinski definition) is 8. The van der Waals surface area contributed by atoms with E-state index in [-0.39, 0.29) is 5.91 Å². The van der Waals surface area contributed by atoms with Gasteiger partial charge in [0.05, 0.1) is 28.7 Å². The Labute approximate surface area is 174 Å². The second kappa shape index (κ2) is 9.13. The normalized spacial score (nSPS) is 16.1. The number of likely N-dealkylation sites (N-methyl/N-ethyl adjacent to an activating group) is 1. The number of carbonyl (C=O) groups is 1. The lowest BCUT2D eigenvalue weighted by Crippen LogP contribution is -2.45. The summed E-state index contributed by atoms with van der Waals surface area (Å²) in [7, 11) is 3.84. The number of aromatic nitrogens is 1. The van der Waals surface area contributed by atoms with Gasteiger partial charge < -0.3 is 25.6 Å². The summed E-state index contributed by atoms with van der Waals surface area (Å²) in [5, 5.41) is 5.66. The van der Waals surface area contributed by atoms with Crippen LogP contribution in [0.2, 0.25) is 0 Å². The van der Waals surface area contributed by atoms with Crippen LogP contribution in [0.5, 0.6) is 5.75 Å². The molecule has 28 heavy (non-hydrogen) atoms. The van der Waals surface area contributed by atoms with Crippen LogP contribution in [-0.2, 0) is 4.79 Å². The molecule has 0 aromatic carbocycles. The van der Waals surface area contributed by atoms with Gasteiger partial charge in [0.1, 0.15) is 16.5 Å². The smallest absolute Gasteiger partial charge is 0.241 e. The fraction of sp³-hybridized carbons (Fsp3) is 0.474. The van der Waals surface area contributed by atoms with Gasteiger partial charge in [0.2, 0.25) is 5.91 Å². The van der Waals surface area contributed by atoms with Crippen molar-refractivity contribution in [3.63, 3.8) is 0 Å². The molecule has 9 heteroatoms. The van der Waals surface area contributed by atoms with Crippen molar-refractivity contribution < 1.29 is 9.53 Å². The van der Waals surface area contributed by atoms with Crippen LogP contribution in [0.3, 0.4) is 0 Å². The molecule has 0 spiro atoms. The van der Waals surface area contributed by atoms with Crippen molar-refractivity contribution in [3.05, 3.63) is 23.2 Å². The van der Waals surface area contributed by atoms with E-state index in [1.54, 1.807) is 25.4 Å². The molecule has 3 rings (SSSR count). The van der Waals surface area contributed by atoms with Gasteiger partial charge in [-0.05, 0) is 32.3 Å². The van der Waals surface area contributed by atoms with Crippen molar-refractivity contribution in [1.29, 1.82) is 0 Å². The Hall–Kier alpha value is -1.81. The van der Waals surface area contributed by atoms with E-state index in [0.717, 1.165) is 58.2 Å². The molecule has 1 atom stereocenters. The Kier molecular flexibility index (Phi) is 6.82. The van der Waals surface area contributed by atoms with Gasteiger partial charge in [0.25, 0.3) is 0 Å². The van der Waals surface area contributed by atoms with Crippen molar-refractivity contribution in [2.75, 3.05) is 50.6 Å². The fourth-order valence-electron chi connectivity index (χ4n) is 3.04. The minimum absolute atomic E-state index is 0.201. The van der Waals surface area contributed by atoms with Crippen LogP contribution < -0.4 is 20.7 Å². The highest BCUT2D eigenvalue weighted by Crippen LogP contribution is 2.41. The lowest BCUT2D eigenvalue weighted by molar-refractivity contribution is -0.117. The van der Waals surface area contributed by atoms with E-state index in [2.05, 4.69) is 22.2 Å². The number of amides is 1. The number of anilines is 2. The molecule has 7 nitrogen and oxygen atoms in total. The number of hydrogen-bond donors (Lipinski definition) is 2. The van der Waals surface area contributed by atoms with E-state index in [1.165, 1.54) is 11.8 Å². The molecular weight excluding hydrogens is 394 g/mol. The molecule has 0 saturated carbocycles. The van der Waals surface area contributed by atoms with Crippen molar-refractivity contribution >= 4 is 40.4 Å². The van der Waals surface area contributed by atoms with Crippen molar-refractivity contribution in [1.82, 2.24) is 9.88 Å². The van der Waals surface area contributed by atoms with Gasteiger partial charge in [0.15, 0.2) is 0 Å². The average Bonchev–Trinajstić information content (AvgIpc) is 3.08. The zero-order valence-corrected chi connectivity index (χ0v) is 18.3. The van der Waals surface area contributed by atoms with Crippen LogP contribution in [-0.4, -0.2) is 62.2 Å². The third-order valence-corrected chi connectivity index (χ3v) is 6.71. The Balaban J connectivity index is 1.82. The molecule has 0 radical (unpaired) electrons. The number of ether oxygens (including phenoxy) is 1. The molecule has 3 N–H and O–H groups in total. The molecule has 1 unspecified atom stereocenters. The second-order valence-electron chi connectivity index (χ2n) is 6.89. The maximum atomic E-state index is 11.9. The molecule has 1 fully saturated rings. The van der Waals surface area contributed by atoms with Gasteiger partial charge in [-0.3, -0.25) is 4.79 Å². The summed E-state index contributed by atoms with van der Waals surface area (Å²) in [6.45, 7) is 7.66. The first kappa shape index (κ1) is 20.9. The average molecular weight is 422 g/mol. The van der Waals surface area contributed by atoms with Gasteiger partial charge in [-0.2, -0.15) is 0 Å². The minimum atomic E-state index is -0.555. The van der Waals surface area contributed by atoms with Gasteiger partial charge in [-0.1, -0.05) is 11.8 Å². The van der Waals surface area contributed by atoms with Crippen LogP contribution in [0, 0.1) is 6.92 Å². The number of carbonyl (C=O) groups excluding carboxylic acids is 1. The number of aryl methyl sites for hydroxylation is 1. The number of thiophene rings is 1. The molecule has 1 aliphatic rings. The standard InChI is InChI=1S/C19H27N5O2S2/c1-12(20)18(25)22-14-5-10-27-19(14)28-16-11-15(26-4)17(13(2)21-16)24-8-6-23(3)7-9-24/h5,10-12H,6-9,20H2,1-4H3,(H,22,25). The topological polar surface area (TPSA) is 83.7 Å². The minimum Gasteiger partial charge on any atom is -0.494 e. The van der Waals surface area contributed by atoms with Gasteiger partial charge >= 0.3 is 0 Å². The van der Waals surface area contributed by atoms with Crippen LogP contribution in [0.1, 0.15) is 12.6 Å². The highest BCUT2D eigenvalue weighted by atomic mass is 32.2. The Bertz CT molecular complexity index is 832. The number of nitrogens with one attached hydrogen (secondary N) is 1. The molecule has 1 aliphatic heterocycles. The van der Waals surface area contributed by atoms with Crippen LogP contribution in [0.4, 0.5) is 11.4 Å². The summed E-state index contributed by atoms with van der Waals surface area (Å²) in [6.07, 6.45) is 0. The molecule has 3 heterocycles. The summed E-state index contributed by atoms with van der Waals surface area (Å²) in [5.41, 5.74) is 8.43. The fourth-order valence-corrected chi connectivity index (χ4v) is 5.00. The summed E-state index contributed by atoms with van der Waals surface area (Å²) < 4.78 is 6.67. The van der Waals surface area contributed by atoms with Crippen molar-refractivity contribution in [3.8, 4) is 5.75 Å². The number of pyridine rings is 1. The van der Waals surface area contributed by atoms with Gasteiger partial charge in [-0.15, -0.1) is 11.3 Å². The number of rotatable bonds is 6. The largest absolute Gasteiger partial charge is 0.494 e. The monoisotopic (exact) mass is 421 g/mol. The van der Waals surface area contributed by atoms with E-state index in [0.29, 0.717) is 0 Å². The third kappa shape index (κ3) is 4.78. The maximum Gasteiger partial charge on any atom is 0.241 e. The molecule has 1 saturated heterocycles. The van der Waals surface area contributed by atoms with Crippen LogP contribution >= 0.6 is 23.1 Å². The molecule has 0 aliphatic carbocycles. The van der Waals surface area contributed by atoms with Crippen LogP contribution in [0.25, 0.3) is 0 Å². The number of nitrogens with zero attached hydrogens (tertiary/aromatic N) is 3. The van der Waals surface area contributed by atoms with Crippen molar-refractivity contribution in [2.45, 2.75) is 29.1 Å². The summed E-state index contributed by atoms with van der Waals surface area (Å²) in [4.78, 5) is 21.4. The van der Waals surface area contributed by atoms with E-state index in [9.17, 15) is 4.79 Å². The van der Waals surface area contributed by atoms with Crippen LogP contribution in [0.15, 0.2) is 26.7 Å². The summed E-state index contributed by atoms with van der Waals surface area (Å²) in [6, 6.07) is 3.30. The SMILES string of the molecule is COc1cc(Sc2sccc2NC(=O)C(C)N)nc(C)c1N1CCN(C)CC1. The zero-order chi connectivity index (χ0) is 20.3. The Morgan fingerprint density at radius 3 is 2.75 bits per heavy atom. The Morgan fingerprint density at radius 2 is 2.11 bits per heavy atom. The lowest BCUT2D eigenvalue weighted by Gasteiger charge is -2.35. The van der Waals surface area contributed by atoms with E-state index >= 15 is 0 Å². The molecule has 1 amide bonds. The number of methoxy groups -OCH3 is 1. The van der Waals surface area contributed by atoms with Gasteiger partial charge in [-0.25, -0.2) is 4.98 Å². The lowest BCUT2D eigenvalue weighted by atomic mass is 10.2. The number of nitrogens with two attached hydrogens (primary N) is 1. The number of piperazine rings is 1.